The van der Waals surface area contributed by atoms with Crippen molar-refractivity contribution in [3.05, 3.63) is 0 Å². The number of hydrogen-bond donors (Lipinski definition) is 3. The highest BCUT2D eigenvalue weighted by molar-refractivity contribution is 7.47. The van der Waals surface area contributed by atoms with Crippen LogP contribution in [0.25, 0.3) is 0 Å². The van der Waals surface area contributed by atoms with Crippen LogP contribution in [0, 0.1) is 11.8 Å². The molecule has 0 aliphatic heterocycles. The second-order valence-corrected chi connectivity index (χ2v) is 24.2. The lowest BCUT2D eigenvalue weighted by Crippen LogP contribution is -2.30. The van der Waals surface area contributed by atoms with Crippen molar-refractivity contribution in [2.75, 3.05) is 39.6 Å². The van der Waals surface area contributed by atoms with E-state index < -0.39 is 97.5 Å². The Morgan fingerprint density at radius 2 is 0.613 bits per heavy atom. The summed E-state index contributed by atoms with van der Waals surface area (Å²) in [6, 6.07) is 0. The number of phosphoric acid groups is 2. The minimum absolute atomic E-state index is 0.102. The molecule has 0 fully saturated rings. The van der Waals surface area contributed by atoms with Crippen molar-refractivity contribution in [2.45, 2.75) is 285 Å². The van der Waals surface area contributed by atoms with E-state index in [4.69, 9.17) is 37.0 Å². The van der Waals surface area contributed by atoms with Gasteiger partial charge in [-0.05, 0) is 37.5 Å². The number of carbonyl (C=O) groups is 4. The zero-order valence-corrected chi connectivity index (χ0v) is 49.6. The molecule has 3 N–H and O–H groups in total. The van der Waals surface area contributed by atoms with Gasteiger partial charge in [0.15, 0.2) is 12.2 Å². The Morgan fingerprint density at radius 1 is 0.360 bits per heavy atom. The average molecular weight is 1120 g/mol. The number of ether oxygens (including phenoxy) is 4. The highest BCUT2D eigenvalue weighted by Gasteiger charge is 2.30. The molecule has 0 aromatic heterocycles. The summed E-state index contributed by atoms with van der Waals surface area (Å²) in [4.78, 5) is 71.6. The second-order valence-electron chi connectivity index (χ2n) is 21.3. The van der Waals surface area contributed by atoms with Gasteiger partial charge in [0.25, 0.3) is 0 Å². The van der Waals surface area contributed by atoms with E-state index >= 15 is 0 Å². The topological polar surface area (TPSA) is 237 Å². The van der Waals surface area contributed by atoms with Crippen LogP contribution < -0.4 is 0 Å². The van der Waals surface area contributed by atoms with Gasteiger partial charge in [-0.3, -0.25) is 37.3 Å². The van der Waals surface area contributed by atoms with Crippen LogP contribution in [0.5, 0.6) is 0 Å². The van der Waals surface area contributed by atoms with Crippen molar-refractivity contribution in [1.29, 1.82) is 0 Å². The first-order valence-corrected chi connectivity index (χ1v) is 32.5. The molecule has 0 radical (unpaired) electrons. The zero-order valence-electron chi connectivity index (χ0n) is 47.8. The van der Waals surface area contributed by atoms with Crippen molar-refractivity contribution in [3.63, 3.8) is 0 Å². The maximum Gasteiger partial charge on any atom is 0.472 e. The van der Waals surface area contributed by atoms with Gasteiger partial charge >= 0.3 is 39.5 Å². The number of phosphoric ester groups is 2. The normalized spacial score (nSPS) is 14.5. The van der Waals surface area contributed by atoms with Crippen LogP contribution in [0.3, 0.4) is 0 Å². The van der Waals surface area contributed by atoms with Gasteiger partial charge in [-0.15, -0.1) is 0 Å². The van der Waals surface area contributed by atoms with E-state index in [2.05, 4.69) is 41.5 Å². The average Bonchev–Trinajstić information content (AvgIpc) is 3.36. The number of esters is 4. The molecule has 19 heteroatoms. The van der Waals surface area contributed by atoms with Crippen molar-refractivity contribution < 1.29 is 80.2 Å². The molecule has 444 valence electrons. The van der Waals surface area contributed by atoms with E-state index in [9.17, 15) is 43.2 Å². The first kappa shape index (κ1) is 73.1. The zero-order chi connectivity index (χ0) is 55.8. The van der Waals surface area contributed by atoms with Gasteiger partial charge in [0.2, 0.25) is 0 Å². The quantitative estimate of drug-likeness (QED) is 0.0222. The van der Waals surface area contributed by atoms with E-state index in [0.717, 1.165) is 109 Å². The second kappa shape index (κ2) is 49.1. The molecular weight excluding hydrogens is 1010 g/mol. The van der Waals surface area contributed by atoms with E-state index in [-0.39, 0.29) is 25.7 Å². The van der Waals surface area contributed by atoms with Gasteiger partial charge in [-0.1, -0.05) is 215 Å². The van der Waals surface area contributed by atoms with Gasteiger partial charge in [0, 0.05) is 25.7 Å². The molecule has 0 rings (SSSR count). The smallest absolute Gasteiger partial charge is 0.462 e. The standard InChI is InChI=1S/C56H108O17P2/c1-7-9-11-13-15-19-26-32-38-53(58)66-44-51(72-55(60)40-34-28-20-16-14-12-10-8-2)46-70-74(62,63)68-42-50(57)43-69-75(64,65)71-47-52(45-67-54(59)39-33-27-23-22-25-31-37-49(5)6)73-56(61)41-35-29-21-17-18-24-30-36-48(3)4/h48-52,57H,7-47H2,1-6H3,(H,62,63)(H,64,65)/t50-,51+,52+/m0/s1. The molecule has 0 saturated carbocycles. The van der Waals surface area contributed by atoms with Gasteiger partial charge in [-0.25, -0.2) is 9.13 Å². The molecule has 0 bridgehead atoms. The van der Waals surface area contributed by atoms with E-state index in [1.54, 1.807) is 0 Å². The van der Waals surface area contributed by atoms with E-state index in [1.165, 1.54) is 64.2 Å². The van der Waals surface area contributed by atoms with Crippen LogP contribution in [0.2, 0.25) is 0 Å². The maximum atomic E-state index is 12.9. The molecule has 0 saturated heterocycles. The molecular formula is C56H108O17P2. The number of rotatable bonds is 55. The molecule has 75 heavy (non-hydrogen) atoms. The summed E-state index contributed by atoms with van der Waals surface area (Å²) in [7, 11) is -9.86. The van der Waals surface area contributed by atoms with Crippen molar-refractivity contribution in [3.8, 4) is 0 Å². The van der Waals surface area contributed by atoms with Crippen LogP contribution in [-0.2, 0) is 65.4 Å². The lowest BCUT2D eigenvalue weighted by atomic mass is 10.0. The maximum absolute atomic E-state index is 12.9. The molecule has 0 heterocycles. The minimum atomic E-state index is -4.93. The fourth-order valence-corrected chi connectivity index (χ4v) is 9.70. The minimum Gasteiger partial charge on any atom is -0.462 e. The Kier molecular flexibility index (Phi) is 47.9. The van der Waals surface area contributed by atoms with Gasteiger partial charge in [0.1, 0.15) is 19.3 Å². The third kappa shape index (κ3) is 51.3. The molecule has 17 nitrogen and oxygen atoms in total. The molecule has 0 aromatic carbocycles. The summed E-state index contributed by atoms with van der Waals surface area (Å²) < 4.78 is 67.5. The summed E-state index contributed by atoms with van der Waals surface area (Å²) in [6.45, 7) is 9.22. The van der Waals surface area contributed by atoms with Crippen LogP contribution >= 0.6 is 15.6 Å². The van der Waals surface area contributed by atoms with Crippen LogP contribution in [0.4, 0.5) is 0 Å². The monoisotopic (exact) mass is 1110 g/mol. The summed E-state index contributed by atoms with van der Waals surface area (Å²) in [5.41, 5.74) is 0. The molecule has 0 aromatic rings. The lowest BCUT2D eigenvalue weighted by molar-refractivity contribution is -0.161. The van der Waals surface area contributed by atoms with Crippen molar-refractivity contribution in [2.24, 2.45) is 11.8 Å². The molecule has 0 spiro atoms. The Bertz CT molecular complexity index is 1500. The third-order valence-electron chi connectivity index (χ3n) is 12.7. The van der Waals surface area contributed by atoms with Crippen LogP contribution in [-0.4, -0.2) is 96.7 Å². The fraction of sp³-hybridized carbons (Fsp3) is 0.929. The number of carbonyl (C=O) groups excluding carboxylic acids is 4. The third-order valence-corrected chi connectivity index (χ3v) is 14.6. The fourth-order valence-electron chi connectivity index (χ4n) is 8.12. The number of aliphatic hydroxyl groups excluding tert-OH is 1. The molecule has 0 aliphatic carbocycles. The summed E-state index contributed by atoms with van der Waals surface area (Å²) in [5.74, 6) is -0.779. The Balaban J connectivity index is 5.22. The summed E-state index contributed by atoms with van der Waals surface area (Å²) >= 11 is 0. The number of aliphatic hydroxyl groups is 1. The Labute approximate surface area is 454 Å². The predicted octanol–water partition coefficient (Wildman–Crippen LogP) is 14.5. The number of unbranched alkanes of at least 4 members (excludes halogenated alkanes) is 25. The highest BCUT2D eigenvalue weighted by atomic mass is 31.2. The van der Waals surface area contributed by atoms with E-state index in [1.807, 2.05) is 0 Å². The molecule has 2 unspecified atom stereocenters. The van der Waals surface area contributed by atoms with Gasteiger partial charge in [0.05, 0.1) is 26.4 Å². The van der Waals surface area contributed by atoms with Gasteiger partial charge < -0.3 is 33.8 Å². The summed E-state index contributed by atoms with van der Waals surface area (Å²) in [5, 5.41) is 10.5. The van der Waals surface area contributed by atoms with Crippen molar-refractivity contribution in [1.82, 2.24) is 0 Å². The molecule has 0 aliphatic rings. The Hall–Kier alpha value is -1.94. The largest absolute Gasteiger partial charge is 0.472 e. The van der Waals surface area contributed by atoms with Crippen LogP contribution in [0.15, 0.2) is 0 Å². The highest BCUT2D eigenvalue weighted by Crippen LogP contribution is 2.45. The number of hydrogen-bond acceptors (Lipinski definition) is 15. The molecule has 5 atom stereocenters. The SMILES string of the molecule is CCCCCCCCCCC(=O)OC[C@H](COP(=O)(O)OC[C@H](O)COP(=O)(O)OC[C@@H](COC(=O)CCCCCCCCC(C)C)OC(=O)CCCCCCCCCC(C)C)OC(=O)CCCCCCCCCC. The summed E-state index contributed by atoms with van der Waals surface area (Å²) in [6.07, 6.45) is 28.3. The van der Waals surface area contributed by atoms with Gasteiger partial charge in [-0.2, -0.15) is 0 Å². The first-order chi connectivity index (χ1) is 35.9. The van der Waals surface area contributed by atoms with Crippen molar-refractivity contribution >= 4 is 39.5 Å². The lowest BCUT2D eigenvalue weighted by Gasteiger charge is -2.21. The van der Waals surface area contributed by atoms with E-state index in [0.29, 0.717) is 37.5 Å². The predicted molar refractivity (Wildman–Crippen MR) is 294 cm³/mol. The molecule has 0 amide bonds. The Morgan fingerprint density at radius 3 is 0.907 bits per heavy atom. The van der Waals surface area contributed by atoms with Crippen LogP contribution in [0.1, 0.15) is 266 Å². The first-order valence-electron chi connectivity index (χ1n) is 29.5.